The second-order valence-electron chi connectivity index (χ2n) is 6.80. The van der Waals surface area contributed by atoms with Gasteiger partial charge in [0, 0.05) is 20.1 Å². The first-order valence-electron chi connectivity index (χ1n) is 7.99. The van der Waals surface area contributed by atoms with Crippen LogP contribution in [0.2, 0.25) is 0 Å². The van der Waals surface area contributed by atoms with Gasteiger partial charge in [-0.05, 0) is 27.2 Å². The number of hydrogen-bond donors (Lipinski definition) is 3. The van der Waals surface area contributed by atoms with Gasteiger partial charge in [-0.25, -0.2) is 9.78 Å². The Morgan fingerprint density at radius 3 is 2.92 bits per heavy atom. The smallest absolute Gasteiger partial charge is 0.407 e. The average molecular weight is 333 g/mol. The van der Waals surface area contributed by atoms with Crippen LogP contribution in [0, 0.1) is 0 Å². The third-order valence-electron chi connectivity index (χ3n) is 3.70. The van der Waals surface area contributed by atoms with Crippen molar-refractivity contribution in [3.05, 3.63) is 6.33 Å². The minimum atomic E-state index is -0.502. The molecule has 130 valence electrons. The summed E-state index contributed by atoms with van der Waals surface area (Å²) in [6, 6.07) is 0.0105. The maximum Gasteiger partial charge on any atom is 0.407 e. The van der Waals surface area contributed by atoms with E-state index >= 15 is 0 Å². The van der Waals surface area contributed by atoms with Crippen molar-refractivity contribution in [1.82, 2.24) is 25.3 Å². The summed E-state index contributed by atoms with van der Waals surface area (Å²) in [5, 5.41) is 5.95. The van der Waals surface area contributed by atoms with E-state index in [9.17, 15) is 4.79 Å². The van der Waals surface area contributed by atoms with Crippen LogP contribution in [0.1, 0.15) is 27.2 Å². The van der Waals surface area contributed by atoms with Crippen molar-refractivity contribution >= 4 is 29.0 Å². The van der Waals surface area contributed by atoms with Crippen LogP contribution in [0.3, 0.4) is 0 Å². The standard InChI is InChI=1S/C15H23N7O2/c1-15(2,3)24-14(23)19-9-5-6-22(7-9)13-20-11(16-4)10-12(21-13)18-8-17-10/h8-9H,5-7H2,1-4H3,(H,19,23)(H2,16,17,18,20,21). The van der Waals surface area contributed by atoms with Crippen LogP contribution in [0.4, 0.5) is 16.6 Å². The highest BCUT2D eigenvalue weighted by molar-refractivity contribution is 5.83. The topological polar surface area (TPSA) is 108 Å². The molecule has 0 radical (unpaired) electrons. The Balaban J connectivity index is 1.68. The number of ether oxygens (including phenoxy) is 1. The molecule has 1 aliphatic rings. The number of fused-ring (bicyclic) bond motifs is 1. The van der Waals surface area contributed by atoms with E-state index in [1.165, 1.54) is 0 Å². The van der Waals surface area contributed by atoms with E-state index < -0.39 is 11.7 Å². The summed E-state index contributed by atoms with van der Waals surface area (Å²) in [4.78, 5) is 30.2. The molecule has 9 heteroatoms. The monoisotopic (exact) mass is 333 g/mol. The number of aromatic amines is 1. The van der Waals surface area contributed by atoms with Crippen molar-refractivity contribution in [2.45, 2.75) is 38.8 Å². The second kappa shape index (κ2) is 6.14. The van der Waals surface area contributed by atoms with Crippen molar-refractivity contribution < 1.29 is 9.53 Å². The summed E-state index contributed by atoms with van der Waals surface area (Å²) in [6.45, 7) is 6.94. The lowest BCUT2D eigenvalue weighted by Crippen LogP contribution is -2.40. The maximum atomic E-state index is 11.9. The van der Waals surface area contributed by atoms with Crippen molar-refractivity contribution in [3.63, 3.8) is 0 Å². The van der Waals surface area contributed by atoms with Gasteiger partial charge in [-0.1, -0.05) is 0 Å². The molecule has 3 heterocycles. The number of rotatable bonds is 3. The molecule has 0 saturated carbocycles. The van der Waals surface area contributed by atoms with E-state index in [1.807, 2.05) is 32.7 Å². The van der Waals surface area contributed by atoms with E-state index in [2.05, 4.69) is 30.6 Å². The molecular weight excluding hydrogens is 310 g/mol. The molecule has 0 aliphatic carbocycles. The van der Waals surface area contributed by atoms with Gasteiger partial charge in [-0.3, -0.25) is 0 Å². The predicted molar refractivity (Wildman–Crippen MR) is 91.2 cm³/mol. The van der Waals surface area contributed by atoms with E-state index in [0.717, 1.165) is 18.5 Å². The van der Waals surface area contributed by atoms with Gasteiger partial charge in [0.25, 0.3) is 0 Å². The SMILES string of the molecule is CNc1nc(N2CCC(NC(=O)OC(C)(C)C)C2)nc2nc[nH]c12. The highest BCUT2D eigenvalue weighted by atomic mass is 16.6. The number of hydrogen-bond acceptors (Lipinski definition) is 7. The van der Waals surface area contributed by atoms with Gasteiger partial charge >= 0.3 is 6.09 Å². The summed E-state index contributed by atoms with van der Waals surface area (Å²) < 4.78 is 5.30. The zero-order valence-electron chi connectivity index (χ0n) is 14.4. The van der Waals surface area contributed by atoms with Gasteiger partial charge in [0.2, 0.25) is 5.95 Å². The predicted octanol–water partition coefficient (Wildman–Crippen LogP) is 1.50. The quantitative estimate of drug-likeness (QED) is 0.781. The Hall–Kier alpha value is -2.58. The number of aromatic nitrogens is 4. The number of carbonyl (C=O) groups is 1. The fourth-order valence-electron chi connectivity index (χ4n) is 2.68. The van der Waals surface area contributed by atoms with Crippen LogP contribution in [-0.4, -0.2) is 57.8 Å². The van der Waals surface area contributed by atoms with Crippen LogP contribution in [-0.2, 0) is 4.74 Å². The van der Waals surface area contributed by atoms with Gasteiger partial charge in [-0.2, -0.15) is 9.97 Å². The van der Waals surface area contributed by atoms with Crippen LogP contribution in [0.5, 0.6) is 0 Å². The third kappa shape index (κ3) is 3.50. The van der Waals surface area contributed by atoms with Crippen LogP contribution >= 0.6 is 0 Å². The van der Waals surface area contributed by atoms with Crippen molar-refractivity contribution in [2.75, 3.05) is 30.4 Å². The van der Waals surface area contributed by atoms with Crippen molar-refractivity contribution in [2.24, 2.45) is 0 Å². The Labute approximate surface area is 140 Å². The van der Waals surface area contributed by atoms with Crippen LogP contribution in [0.25, 0.3) is 11.2 Å². The van der Waals surface area contributed by atoms with Gasteiger partial charge in [0.1, 0.15) is 11.1 Å². The number of nitrogens with one attached hydrogen (secondary N) is 3. The summed E-state index contributed by atoms with van der Waals surface area (Å²) in [7, 11) is 1.81. The molecule has 1 saturated heterocycles. The number of H-pyrrole nitrogens is 1. The average Bonchev–Trinajstić information content (AvgIpc) is 3.12. The van der Waals surface area contributed by atoms with Gasteiger partial charge in [-0.15, -0.1) is 0 Å². The lowest BCUT2D eigenvalue weighted by molar-refractivity contribution is 0.0509. The molecule has 0 bridgehead atoms. The minimum Gasteiger partial charge on any atom is -0.444 e. The molecule has 3 N–H and O–H groups in total. The molecule has 3 rings (SSSR count). The third-order valence-corrected chi connectivity index (χ3v) is 3.70. The van der Waals surface area contributed by atoms with Gasteiger partial charge in [0.15, 0.2) is 11.5 Å². The van der Waals surface area contributed by atoms with E-state index in [0.29, 0.717) is 24.0 Å². The molecule has 9 nitrogen and oxygen atoms in total. The van der Waals surface area contributed by atoms with Gasteiger partial charge < -0.3 is 25.3 Å². The van der Waals surface area contributed by atoms with Gasteiger partial charge in [0.05, 0.1) is 12.4 Å². The molecule has 1 unspecified atom stereocenters. The number of nitrogens with zero attached hydrogens (tertiary/aromatic N) is 4. The highest BCUT2D eigenvalue weighted by Crippen LogP contribution is 2.23. The molecular formula is C15H23N7O2. The first kappa shape index (κ1) is 16.3. The zero-order chi connectivity index (χ0) is 17.3. The maximum absolute atomic E-state index is 11.9. The van der Waals surface area contributed by atoms with Crippen LogP contribution < -0.4 is 15.5 Å². The number of imidazole rings is 1. The van der Waals surface area contributed by atoms with Crippen molar-refractivity contribution in [1.29, 1.82) is 0 Å². The first-order valence-corrected chi connectivity index (χ1v) is 7.99. The molecule has 2 aromatic rings. The second-order valence-corrected chi connectivity index (χ2v) is 6.80. The molecule has 0 aromatic carbocycles. The summed E-state index contributed by atoms with van der Waals surface area (Å²) in [5.41, 5.74) is 0.898. The highest BCUT2D eigenvalue weighted by Gasteiger charge is 2.28. The number of amides is 1. The Morgan fingerprint density at radius 1 is 1.42 bits per heavy atom. The first-order chi connectivity index (χ1) is 11.4. The fraction of sp³-hybridized carbons (Fsp3) is 0.600. The number of alkyl carbamates (subject to hydrolysis) is 1. The Kier molecular flexibility index (Phi) is 4.16. The molecule has 1 amide bonds. The molecule has 1 atom stereocenters. The number of carbonyl (C=O) groups excluding carboxylic acids is 1. The van der Waals surface area contributed by atoms with E-state index in [-0.39, 0.29) is 6.04 Å². The van der Waals surface area contributed by atoms with E-state index in [1.54, 1.807) is 6.33 Å². The molecule has 1 aliphatic heterocycles. The zero-order valence-corrected chi connectivity index (χ0v) is 14.4. The van der Waals surface area contributed by atoms with Crippen molar-refractivity contribution in [3.8, 4) is 0 Å². The lowest BCUT2D eigenvalue weighted by Gasteiger charge is -2.22. The summed E-state index contributed by atoms with van der Waals surface area (Å²) in [5.74, 6) is 1.31. The molecule has 24 heavy (non-hydrogen) atoms. The largest absolute Gasteiger partial charge is 0.444 e. The van der Waals surface area contributed by atoms with Crippen LogP contribution in [0.15, 0.2) is 6.33 Å². The Morgan fingerprint density at radius 2 is 2.21 bits per heavy atom. The minimum absolute atomic E-state index is 0.0105. The summed E-state index contributed by atoms with van der Waals surface area (Å²) in [6.07, 6.45) is 2.02. The normalized spacial score (nSPS) is 18.0. The molecule has 1 fully saturated rings. The molecule has 2 aromatic heterocycles. The molecule has 0 spiro atoms. The fourth-order valence-corrected chi connectivity index (χ4v) is 2.68. The van der Waals surface area contributed by atoms with E-state index in [4.69, 9.17) is 4.74 Å². The number of anilines is 2. The lowest BCUT2D eigenvalue weighted by atomic mass is 10.2. The summed E-state index contributed by atoms with van der Waals surface area (Å²) >= 11 is 0. The Bertz CT molecular complexity index is 737.